The van der Waals surface area contributed by atoms with Gasteiger partial charge in [-0.05, 0) is 37.6 Å². The lowest BCUT2D eigenvalue weighted by Crippen LogP contribution is -2.30. The second kappa shape index (κ2) is 6.07. The Morgan fingerprint density at radius 2 is 1.94 bits per heavy atom. The number of aryl methyl sites for hydroxylation is 2. The van der Waals surface area contributed by atoms with Crippen LogP contribution in [0.1, 0.15) is 46.0 Å². The molecular formula is C14H26ClN3. The normalized spacial score (nSPS) is 13.9. The van der Waals surface area contributed by atoms with Crippen LogP contribution in [0.2, 0.25) is 5.02 Å². The summed E-state index contributed by atoms with van der Waals surface area (Å²) in [7, 11) is 0. The predicted octanol–water partition coefficient (Wildman–Crippen LogP) is 3.28. The van der Waals surface area contributed by atoms with Gasteiger partial charge in [-0.1, -0.05) is 39.3 Å². The first-order chi connectivity index (χ1) is 8.35. The van der Waals surface area contributed by atoms with Crippen LogP contribution in [0.15, 0.2) is 0 Å². The molecule has 0 aliphatic carbocycles. The molecule has 1 aromatic heterocycles. The summed E-state index contributed by atoms with van der Waals surface area (Å²) in [5, 5.41) is 5.40. The van der Waals surface area contributed by atoms with Crippen LogP contribution < -0.4 is 5.73 Å². The summed E-state index contributed by atoms with van der Waals surface area (Å²) in [6.45, 7) is 12.4. The molecule has 0 amide bonds. The van der Waals surface area contributed by atoms with Gasteiger partial charge in [0, 0.05) is 6.54 Å². The average Bonchev–Trinajstić information content (AvgIpc) is 2.60. The van der Waals surface area contributed by atoms with Gasteiger partial charge in [0.05, 0.1) is 16.4 Å². The van der Waals surface area contributed by atoms with E-state index in [4.69, 9.17) is 17.3 Å². The summed E-state index contributed by atoms with van der Waals surface area (Å²) >= 11 is 6.44. The zero-order valence-corrected chi connectivity index (χ0v) is 13.0. The second-order valence-corrected chi connectivity index (χ2v) is 6.26. The molecule has 0 bridgehead atoms. The van der Waals surface area contributed by atoms with Gasteiger partial charge in [0.25, 0.3) is 0 Å². The summed E-state index contributed by atoms with van der Waals surface area (Å²) < 4.78 is 2.02. The number of nitrogens with zero attached hydrogens (tertiary/aromatic N) is 2. The van der Waals surface area contributed by atoms with Crippen LogP contribution in [0.25, 0.3) is 0 Å². The molecule has 0 radical (unpaired) electrons. The number of hydrogen-bond donors (Lipinski definition) is 1. The number of nitrogens with two attached hydrogens (primary N) is 1. The molecule has 0 spiro atoms. The fraction of sp³-hybridized carbons (Fsp3) is 0.786. The Morgan fingerprint density at radius 3 is 2.33 bits per heavy atom. The molecule has 0 aliphatic rings. The Labute approximate surface area is 116 Å². The average molecular weight is 272 g/mol. The summed E-state index contributed by atoms with van der Waals surface area (Å²) in [5.41, 5.74) is 8.24. The molecule has 0 aliphatic heterocycles. The van der Waals surface area contributed by atoms with Gasteiger partial charge in [-0.15, -0.1) is 0 Å². The number of hydrogen-bond acceptors (Lipinski definition) is 2. The molecule has 1 rings (SSSR count). The van der Waals surface area contributed by atoms with E-state index < -0.39 is 0 Å². The summed E-state index contributed by atoms with van der Waals surface area (Å²) in [6.07, 6.45) is 1.78. The minimum absolute atomic E-state index is 0.188. The quantitative estimate of drug-likeness (QED) is 0.893. The van der Waals surface area contributed by atoms with Gasteiger partial charge in [0.15, 0.2) is 0 Å². The lowest BCUT2D eigenvalue weighted by Gasteiger charge is -2.29. The lowest BCUT2D eigenvalue weighted by molar-refractivity contribution is 0.241. The Kier molecular flexibility index (Phi) is 5.23. The standard InChI is InChI=1S/C14H26ClN3/c1-6-11-13(15)12(18(7-2)17-11)8-10(9-16)14(3,4)5/h10H,6-9,16H2,1-5H3. The van der Waals surface area contributed by atoms with E-state index in [0.29, 0.717) is 12.5 Å². The van der Waals surface area contributed by atoms with E-state index in [1.54, 1.807) is 0 Å². The molecule has 1 heterocycles. The molecule has 0 saturated carbocycles. The number of aromatic nitrogens is 2. The van der Waals surface area contributed by atoms with Crippen LogP contribution in [-0.4, -0.2) is 16.3 Å². The van der Waals surface area contributed by atoms with Crippen LogP contribution in [0.3, 0.4) is 0 Å². The molecule has 0 aromatic carbocycles. The van der Waals surface area contributed by atoms with Gasteiger partial charge in [-0.25, -0.2) is 0 Å². The molecule has 104 valence electrons. The fourth-order valence-corrected chi connectivity index (χ4v) is 2.53. The topological polar surface area (TPSA) is 43.8 Å². The highest BCUT2D eigenvalue weighted by Crippen LogP contribution is 2.31. The van der Waals surface area contributed by atoms with Crippen LogP contribution in [0, 0.1) is 11.3 Å². The smallest absolute Gasteiger partial charge is 0.0849 e. The summed E-state index contributed by atoms with van der Waals surface area (Å²) in [5.74, 6) is 0.418. The number of rotatable bonds is 5. The maximum atomic E-state index is 6.44. The van der Waals surface area contributed by atoms with Crippen LogP contribution in [-0.2, 0) is 19.4 Å². The van der Waals surface area contributed by atoms with Crippen molar-refractivity contribution < 1.29 is 0 Å². The molecule has 0 fully saturated rings. The van der Waals surface area contributed by atoms with Gasteiger partial charge in [-0.3, -0.25) is 4.68 Å². The van der Waals surface area contributed by atoms with Crippen molar-refractivity contribution in [2.75, 3.05) is 6.54 Å². The van der Waals surface area contributed by atoms with E-state index in [9.17, 15) is 0 Å². The largest absolute Gasteiger partial charge is 0.330 e. The Balaban J connectivity index is 3.05. The molecule has 18 heavy (non-hydrogen) atoms. The zero-order valence-electron chi connectivity index (χ0n) is 12.3. The first-order valence-corrected chi connectivity index (χ1v) is 7.17. The third kappa shape index (κ3) is 3.27. The fourth-order valence-electron chi connectivity index (χ4n) is 2.19. The highest BCUT2D eigenvalue weighted by molar-refractivity contribution is 6.31. The van der Waals surface area contributed by atoms with Crippen molar-refractivity contribution in [1.29, 1.82) is 0 Å². The van der Waals surface area contributed by atoms with Crippen molar-refractivity contribution in [3.63, 3.8) is 0 Å². The van der Waals surface area contributed by atoms with E-state index in [1.807, 2.05) is 4.68 Å². The van der Waals surface area contributed by atoms with Crippen molar-refractivity contribution >= 4 is 11.6 Å². The van der Waals surface area contributed by atoms with E-state index in [1.165, 1.54) is 0 Å². The van der Waals surface area contributed by atoms with Gasteiger partial charge in [0.2, 0.25) is 0 Å². The van der Waals surface area contributed by atoms with Crippen molar-refractivity contribution in [3.8, 4) is 0 Å². The molecule has 1 atom stereocenters. The third-order valence-electron chi connectivity index (χ3n) is 3.64. The van der Waals surface area contributed by atoms with E-state index in [0.717, 1.165) is 35.8 Å². The SMILES string of the molecule is CCc1nn(CC)c(CC(CN)C(C)(C)C)c1Cl. The highest BCUT2D eigenvalue weighted by atomic mass is 35.5. The van der Waals surface area contributed by atoms with Gasteiger partial charge < -0.3 is 5.73 Å². The Bertz CT molecular complexity index is 390. The zero-order chi connectivity index (χ0) is 13.9. The third-order valence-corrected chi connectivity index (χ3v) is 4.08. The maximum absolute atomic E-state index is 6.44. The van der Waals surface area contributed by atoms with Gasteiger partial charge >= 0.3 is 0 Å². The van der Waals surface area contributed by atoms with Gasteiger partial charge in [-0.2, -0.15) is 5.10 Å². The molecule has 2 N–H and O–H groups in total. The molecular weight excluding hydrogens is 246 g/mol. The van der Waals surface area contributed by atoms with Gasteiger partial charge in [0.1, 0.15) is 0 Å². The molecule has 3 nitrogen and oxygen atoms in total. The van der Waals surface area contributed by atoms with Crippen molar-refractivity contribution in [2.45, 2.75) is 54.0 Å². The maximum Gasteiger partial charge on any atom is 0.0849 e. The molecule has 1 unspecified atom stereocenters. The monoisotopic (exact) mass is 271 g/mol. The molecule has 4 heteroatoms. The lowest BCUT2D eigenvalue weighted by atomic mass is 9.78. The van der Waals surface area contributed by atoms with Crippen LogP contribution in [0.5, 0.6) is 0 Å². The van der Waals surface area contributed by atoms with Crippen LogP contribution in [0.4, 0.5) is 0 Å². The van der Waals surface area contributed by atoms with Crippen molar-refractivity contribution in [1.82, 2.24) is 9.78 Å². The van der Waals surface area contributed by atoms with Crippen LogP contribution >= 0.6 is 11.6 Å². The first-order valence-electron chi connectivity index (χ1n) is 6.79. The first kappa shape index (κ1) is 15.5. The minimum atomic E-state index is 0.188. The second-order valence-electron chi connectivity index (χ2n) is 5.88. The Hall–Kier alpha value is -0.540. The van der Waals surface area contributed by atoms with Crippen molar-refractivity contribution in [2.24, 2.45) is 17.1 Å². The predicted molar refractivity (Wildman–Crippen MR) is 78.0 cm³/mol. The van der Waals surface area contributed by atoms with E-state index in [2.05, 4.69) is 39.7 Å². The summed E-state index contributed by atoms with van der Waals surface area (Å²) in [4.78, 5) is 0. The number of halogens is 1. The van der Waals surface area contributed by atoms with E-state index in [-0.39, 0.29) is 5.41 Å². The highest BCUT2D eigenvalue weighted by Gasteiger charge is 2.26. The van der Waals surface area contributed by atoms with Crippen molar-refractivity contribution in [3.05, 3.63) is 16.4 Å². The molecule has 0 saturated heterocycles. The Morgan fingerprint density at radius 1 is 1.33 bits per heavy atom. The van der Waals surface area contributed by atoms with E-state index >= 15 is 0 Å². The minimum Gasteiger partial charge on any atom is -0.330 e. The molecule has 1 aromatic rings. The summed E-state index contributed by atoms with van der Waals surface area (Å²) in [6, 6.07) is 0.